The van der Waals surface area contributed by atoms with Gasteiger partial charge in [-0.1, -0.05) is 52.7 Å². The van der Waals surface area contributed by atoms with Gasteiger partial charge >= 0.3 is 0 Å². The van der Waals surface area contributed by atoms with E-state index in [1.165, 1.54) is 11.3 Å². The van der Waals surface area contributed by atoms with Crippen LogP contribution < -0.4 is 4.80 Å². The zero-order valence-corrected chi connectivity index (χ0v) is 16.8. The van der Waals surface area contributed by atoms with Crippen molar-refractivity contribution in [1.29, 1.82) is 0 Å². The number of allylic oxidation sites excluding steroid dienone is 1. The van der Waals surface area contributed by atoms with Gasteiger partial charge in [-0.05, 0) is 46.9 Å². The third kappa shape index (κ3) is 3.31. The molecule has 1 heterocycles. The van der Waals surface area contributed by atoms with Crippen LogP contribution >= 0.6 is 57.1 Å². The molecule has 0 saturated heterocycles. The molecule has 0 saturated carbocycles. The average Bonchev–Trinajstić information content (AvgIpc) is 2.90. The van der Waals surface area contributed by atoms with Crippen molar-refractivity contribution in [1.82, 2.24) is 4.57 Å². The lowest BCUT2D eigenvalue weighted by Gasteiger charge is -2.04. The highest BCUT2D eigenvalue weighted by molar-refractivity contribution is 14.1. The second-order valence-electron chi connectivity index (χ2n) is 4.89. The molecule has 0 aliphatic carbocycles. The van der Waals surface area contributed by atoms with Gasteiger partial charge in [0.05, 0.1) is 25.8 Å². The quantitative estimate of drug-likeness (QED) is 0.352. The Morgan fingerprint density at radius 3 is 2.75 bits per heavy atom. The molecule has 0 atom stereocenters. The molecule has 2 aromatic carbocycles. The van der Waals surface area contributed by atoms with E-state index in [4.69, 9.17) is 23.2 Å². The van der Waals surface area contributed by atoms with Gasteiger partial charge in [0.2, 0.25) is 0 Å². The van der Waals surface area contributed by atoms with Crippen molar-refractivity contribution in [2.75, 3.05) is 0 Å². The molecule has 3 rings (SSSR count). The number of carbonyl (C=O) groups excluding carboxylic acids is 1. The molecule has 122 valence electrons. The van der Waals surface area contributed by atoms with Gasteiger partial charge in [0.25, 0.3) is 5.91 Å². The Morgan fingerprint density at radius 2 is 2.04 bits per heavy atom. The number of carbonyl (C=O) groups is 1. The van der Waals surface area contributed by atoms with E-state index in [1.807, 2.05) is 28.8 Å². The fourth-order valence-corrected chi connectivity index (χ4v) is 4.41. The summed E-state index contributed by atoms with van der Waals surface area (Å²) < 4.78 is 3.64. The van der Waals surface area contributed by atoms with E-state index in [0.717, 1.165) is 13.8 Å². The lowest BCUT2D eigenvalue weighted by atomic mass is 10.2. The van der Waals surface area contributed by atoms with Crippen LogP contribution in [0.4, 0.5) is 0 Å². The van der Waals surface area contributed by atoms with Gasteiger partial charge in [0, 0.05) is 10.1 Å². The number of thiazole rings is 1. The van der Waals surface area contributed by atoms with Crippen LogP contribution in [0, 0.1) is 3.57 Å². The maximum absolute atomic E-state index is 12.6. The van der Waals surface area contributed by atoms with Crippen LogP contribution in [0.2, 0.25) is 10.0 Å². The molecule has 0 aliphatic heterocycles. The van der Waals surface area contributed by atoms with Gasteiger partial charge in [0.15, 0.2) is 4.80 Å². The van der Waals surface area contributed by atoms with E-state index in [9.17, 15) is 4.79 Å². The number of benzene rings is 2. The Labute approximate surface area is 166 Å². The SMILES string of the molecule is C=CCn1c(=NC(=O)c2ccccc2I)sc2ccc(Cl)c(Cl)c21. The highest BCUT2D eigenvalue weighted by Gasteiger charge is 2.14. The molecular weight excluding hydrogens is 478 g/mol. The highest BCUT2D eigenvalue weighted by Crippen LogP contribution is 2.32. The summed E-state index contributed by atoms with van der Waals surface area (Å²) in [7, 11) is 0. The number of halogens is 3. The Bertz CT molecular complexity index is 1020. The molecule has 0 spiro atoms. The molecule has 0 fully saturated rings. The summed E-state index contributed by atoms with van der Waals surface area (Å²) in [4.78, 5) is 17.4. The third-order valence-electron chi connectivity index (χ3n) is 3.35. The van der Waals surface area contributed by atoms with E-state index in [-0.39, 0.29) is 5.91 Å². The molecule has 24 heavy (non-hydrogen) atoms. The van der Waals surface area contributed by atoms with E-state index >= 15 is 0 Å². The zero-order valence-electron chi connectivity index (χ0n) is 12.3. The summed E-state index contributed by atoms with van der Waals surface area (Å²) in [6.07, 6.45) is 1.74. The van der Waals surface area contributed by atoms with Crippen molar-refractivity contribution in [2.24, 2.45) is 4.99 Å². The third-order valence-corrected chi connectivity index (χ3v) is 6.13. The second-order valence-corrected chi connectivity index (χ2v) is 7.85. The average molecular weight is 489 g/mol. The Kier molecular flexibility index (Phi) is 5.44. The monoisotopic (exact) mass is 488 g/mol. The number of hydrogen-bond acceptors (Lipinski definition) is 2. The predicted octanol–water partition coefficient (Wildman–Crippen LogP) is 5.54. The van der Waals surface area contributed by atoms with Crippen LogP contribution in [0.25, 0.3) is 10.2 Å². The number of nitrogens with zero attached hydrogens (tertiary/aromatic N) is 2. The number of hydrogen-bond donors (Lipinski definition) is 0. The molecule has 0 unspecified atom stereocenters. The first-order chi connectivity index (χ1) is 11.5. The van der Waals surface area contributed by atoms with E-state index in [0.29, 0.717) is 27.0 Å². The van der Waals surface area contributed by atoms with Crippen LogP contribution in [0.5, 0.6) is 0 Å². The summed E-state index contributed by atoms with van der Waals surface area (Å²) in [5, 5.41) is 0.922. The fourth-order valence-electron chi connectivity index (χ4n) is 2.27. The molecule has 3 nitrogen and oxygen atoms in total. The minimum atomic E-state index is -0.286. The summed E-state index contributed by atoms with van der Waals surface area (Å²) in [6.45, 7) is 4.25. The normalized spacial score (nSPS) is 11.9. The lowest BCUT2D eigenvalue weighted by Crippen LogP contribution is -2.16. The Hall–Kier alpha value is -1.15. The van der Waals surface area contributed by atoms with Gasteiger partial charge in [0.1, 0.15) is 0 Å². The van der Waals surface area contributed by atoms with Crippen molar-refractivity contribution in [2.45, 2.75) is 6.54 Å². The number of amides is 1. The standard InChI is InChI=1S/C17H11Cl2IN2OS/c1-2-9-22-15-13(8-7-11(18)14(15)19)24-17(22)21-16(23)10-5-3-4-6-12(10)20/h2-8H,1,9H2. The van der Waals surface area contributed by atoms with E-state index in [1.54, 1.807) is 18.2 Å². The summed E-state index contributed by atoms with van der Waals surface area (Å²) in [5.41, 5.74) is 1.34. The maximum atomic E-state index is 12.6. The molecule has 0 bridgehead atoms. The van der Waals surface area contributed by atoms with Crippen molar-refractivity contribution < 1.29 is 4.79 Å². The van der Waals surface area contributed by atoms with Gasteiger partial charge in [-0.25, -0.2) is 0 Å². The predicted molar refractivity (Wildman–Crippen MR) is 109 cm³/mol. The lowest BCUT2D eigenvalue weighted by molar-refractivity contribution is 0.0997. The molecular formula is C17H11Cl2IN2OS. The van der Waals surface area contributed by atoms with Crippen LogP contribution in [0.1, 0.15) is 10.4 Å². The first kappa shape index (κ1) is 17.7. The van der Waals surface area contributed by atoms with Crippen molar-refractivity contribution in [3.05, 3.63) is 73.0 Å². The van der Waals surface area contributed by atoms with Crippen molar-refractivity contribution in [3.63, 3.8) is 0 Å². The minimum Gasteiger partial charge on any atom is -0.311 e. The smallest absolute Gasteiger partial charge is 0.280 e. The summed E-state index contributed by atoms with van der Waals surface area (Å²) >= 11 is 16.0. The van der Waals surface area contributed by atoms with Crippen molar-refractivity contribution >= 4 is 73.3 Å². The molecule has 1 aromatic heterocycles. The summed E-state index contributed by atoms with van der Waals surface area (Å²) in [5.74, 6) is -0.286. The second kappa shape index (κ2) is 7.39. The van der Waals surface area contributed by atoms with E-state index < -0.39 is 0 Å². The summed E-state index contributed by atoms with van der Waals surface area (Å²) in [6, 6.07) is 11.0. The topological polar surface area (TPSA) is 34.4 Å². The first-order valence-corrected chi connectivity index (χ1v) is 9.60. The van der Waals surface area contributed by atoms with Crippen molar-refractivity contribution in [3.8, 4) is 0 Å². The van der Waals surface area contributed by atoms with Gasteiger partial charge < -0.3 is 4.57 Å². The number of rotatable bonds is 3. The number of fused-ring (bicyclic) bond motifs is 1. The molecule has 1 amide bonds. The highest BCUT2D eigenvalue weighted by atomic mass is 127. The van der Waals surface area contributed by atoms with Crippen LogP contribution in [0.15, 0.2) is 54.0 Å². The van der Waals surface area contributed by atoms with E-state index in [2.05, 4.69) is 34.2 Å². The van der Waals surface area contributed by atoms with Crippen LogP contribution in [-0.2, 0) is 6.54 Å². The molecule has 7 heteroatoms. The molecule has 0 radical (unpaired) electrons. The Balaban J connectivity index is 2.24. The Morgan fingerprint density at radius 1 is 1.29 bits per heavy atom. The molecule has 0 N–H and O–H groups in total. The molecule has 0 aliphatic rings. The van der Waals surface area contributed by atoms with Gasteiger partial charge in [-0.15, -0.1) is 6.58 Å². The first-order valence-electron chi connectivity index (χ1n) is 6.94. The maximum Gasteiger partial charge on any atom is 0.280 e. The van der Waals surface area contributed by atoms with Gasteiger partial charge in [-0.2, -0.15) is 4.99 Å². The van der Waals surface area contributed by atoms with Crippen LogP contribution in [0.3, 0.4) is 0 Å². The minimum absolute atomic E-state index is 0.286. The largest absolute Gasteiger partial charge is 0.311 e. The number of aromatic nitrogens is 1. The fraction of sp³-hybridized carbons (Fsp3) is 0.0588. The van der Waals surface area contributed by atoms with Crippen LogP contribution in [-0.4, -0.2) is 10.5 Å². The molecule has 3 aromatic rings. The van der Waals surface area contributed by atoms with Gasteiger partial charge in [-0.3, -0.25) is 4.79 Å². The zero-order chi connectivity index (χ0) is 17.3.